The van der Waals surface area contributed by atoms with Gasteiger partial charge in [0.1, 0.15) is 0 Å². The van der Waals surface area contributed by atoms with Gasteiger partial charge in [-0.15, -0.1) is 0 Å². The minimum atomic E-state index is -3.04. The molecule has 0 saturated carbocycles. The molecule has 0 aliphatic carbocycles. The summed E-state index contributed by atoms with van der Waals surface area (Å²) in [5.74, 6) is 0.0100. The smallest absolute Gasteiger partial charge is 0.254 e. The van der Waals surface area contributed by atoms with E-state index in [1.54, 1.807) is 24.3 Å². The van der Waals surface area contributed by atoms with E-state index in [1.807, 2.05) is 11.8 Å². The molecule has 2 rings (SSSR count). The van der Waals surface area contributed by atoms with Gasteiger partial charge in [0, 0.05) is 37.5 Å². The van der Waals surface area contributed by atoms with E-state index in [9.17, 15) is 13.2 Å². The molecule has 1 N–H and O–H groups in total. The molecule has 0 aromatic heterocycles. The Hall–Kier alpha value is -1.40. The highest BCUT2D eigenvalue weighted by Crippen LogP contribution is 2.13. The molecule has 1 aliphatic heterocycles. The molecule has 0 radical (unpaired) electrons. The van der Waals surface area contributed by atoms with Crippen LogP contribution >= 0.6 is 0 Å². The highest BCUT2D eigenvalue weighted by atomic mass is 32.2. The van der Waals surface area contributed by atoms with Crippen molar-refractivity contribution in [1.29, 1.82) is 0 Å². The lowest BCUT2D eigenvalue weighted by molar-refractivity contribution is 0.0656. The Morgan fingerprint density at radius 1 is 1.35 bits per heavy atom. The van der Waals surface area contributed by atoms with Crippen molar-refractivity contribution in [1.82, 2.24) is 10.2 Å². The number of piperazine rings is 1. The van der Waals surface area contributed by atoms with Crippen molar-refractivity contribution < 1.29 is 13.2 Å². The van der Waals surface area contributed by atoms with E-state index in [4.69, 9.17) is 0 Å². The zero-order valence-corrected chi connectivity index (χ0v) is 12.6. The molecular weight excluding hydrogens is 276 g/mol. The van der Waals surface area contributed by atoms with Gasteiger partial charge in [0.15, 0.2) is 9.84 Å². The van der Waals surface area contributed by atoms with Gasteiger partial charge in [0.2, 0.25) is 0 Å². The lowest BCUT2D eigenvalue weighted by Gasteiger charge is -2.34. The molecule has 1 fully saturated rings. The third-order valence-electron chi connectivity index (χ3n) is 3.39. The van der Waals surface area contributed by atoms with Crippen LogP contribution in [0.2, 0.25) is 0 Å². The molecule has 1 amide bonds. The number of nitrogens with zero attached hydrogens (tertiary/aromatic N) is 1. The van der Waals surface area contributed by atoms with Gasteiger partial charge in [-0.25, -0.2) is 8.42 Å². The van der Waals surface area contributed by atoms with E-state index in [1.165, 1.54) is 6.26 Å². The Morgan fingerprint density at radius 3 is 2.55 bits per heavy atom. The second-order valence-corrected chi connectivity index (χ2v) is 7.46. The van der Waals surface area contributed by atoms with Gasteiger partial charge < -0.3 is 10.2 Å². The summed E-state index contributed by atoms with van der Waals surface area (Å²) in [4.78, 5) is 14.2. The van der Waals surface area contributed by atoms with Crippen LogP contribution in [0.1, 0.15) is 22.8 Å². The third-order valence-corrected chi connectivity index (χ3v) is 4.25. The monoisotopic (exact) mass is 296 g/mol. The highest BCUT2D eigenvalue weighted by Gasteiger charge is 2.23. The predicted molar refractivity (Wildman–Crippen MR) is 78.4 cm³/mol. The third kappa shape index (κ3) is 3.80. The fourth-order valence-electron chi connectivity index (χ4n) is 2.35. The van der Waals surface area contributed by atoms with Crippen molar-refractivity contribution in [2.24, 2.45) is 0 Å². The minimum Gasteiger partial charge on any atom is -0.333 e. The summed E-state index contributed by atoms with van der Waals surface area (Å²) < 4.78 is 22.5. The molecular formula is C14H20N2O3S. The van der Waals surface area contributed by atoms with Crippen LogP contribution in [0.15, 0.2) is 24.3 Å². The largest absolute Gasteiger partial charge is 0.333 e. The van der Waals surface area contributed by atoms with Gasteiger partial charge >= 0.3 is 0 Å². The summed E-state index contributed by atoms with van der Waals surface area (Å²) >= 11 is 0. The van der Waals surface area contributed by atoms with Crippen molar-refractivity contribution >= 4 is 15.7 Å². The van der Waals surface area contributed by atoms with Gasteiger partial charge in [-0.3, -0.25) is 4.79 Å². The Labute approximate surface area is 119 Å². The second kappa shape index (κ2) is 5.93. The number of hydrogen-bond donors (Lipinski definition) is 1. The molecule has 1 aliphatic rings. The maximum Gasteiger partial charge on any atom is 0.254 e. The summed E-state index contributed by atoms with van der Waals surface area (Å²) in [5.41, 5.74) is 1.31. The molecule has 1 saturated heterocycles. The number of carbonyl (C=O) groups is 1. The van der Waals surface area contributed by atoms with Crippen molar-refractivity contribution in [3.8, 4) is 0 Å². The highest BCUT2D eigenvalue weighted by molar-refractivity contribution is 7.89. The zero-order valence-electron chi connectivity index (χ0n) is 11.8. The molecule has 1 heterocycles. The topological polar surface area (TPSA) is 66.5 Å². The van der Waals surface area contributed by atoms with Crippen LogP contribution in [0.4, 0.5) is 0 Å². The van der Waals surface area contributed by atoms with Crippen LogP contribution in [0.3, 0.4) is 0 Å². The first-order valence-electron chi connectivity index (χ1n) is 6.65. The summed E-state index contributed by atoms with van der Waals surface area (Å²) in [7, 11) is -3.04. The van der Waals surface area contributed by atoms with Crippen LogP contribution in [0, 0.1) is 0 Å². The summed E-state index contributed by atoms with van der Waals surface area (Å²) in [6.07, 6.45) is 1.20. The molecule has 0 spiro atoms. The number of hydrogen-bond acceptors (Lipinski definition) is 4. The Bertz CT molecular complexity index is 581. The molecule has 0 bridgehead atoms. The SMILES string of the molecule is C[C@@H]1CNCCN1C(=O)c1ccc(CS(C)(=O)=O)cc1. The van der Waals surface area contributed by atoms with Crippen molar-refractivity contribution in [2.45, 2.75) is 18.7 Å². The number of nitrogens with one attached hydrogen (secondary N) is 1. The molecule has 1 atom stereocenters. The predicted octanol–water partition coefficient (Wildman–Crippen LogP) is 0.665. The molecule has 5 nitrogen and oxygen atoms in total. The molecule has 0 unspecified atom stereocenters. The van der Waals surface area contributed by atoms with E-state index >= 15 is 0 Å². The fourth-order valence-corrected chi connectivity index (χ4v) is 3.15. The first-order chi connectivity index (χ1) is 9.37. The molecule has 6 heteroatoms. The normalized spacial score (nSPS) is 19.9. The summed E-state index contributed by atoms with van der Waals surface area (Å²) in [6, 6.07) is 7.00. The maximum atomic E-state index is 12.4. The lowest BCUT2D eigenvalue weighted by Crippen LogP contribution is -2.52. The number of rotatable bonds is 3. The number of benzene rings is 1. The number of sulfone groups is 1. The average Bonchev–Trinajstić information content (AvgIpc) is 2.37. The first-order valence-corrected chi connectivity index (χ1v) is 8.71. The van der Waals surface area contributed by atoms with Gasteiger partial charge in [-0.05, 0) is 24.6 Å². The summed E-state index contributed by atoms with van der Waals surface area (Å²) in [6.45, 7) is 4.33. The van der Waals surface area contributed by atoms with E-state index in [2.05, 4.69) is 5.32 Å². The molecule has 1 aromatic rings. The van der Waals surface area contributed by atoms with Crippen molar-refractivity contribution in [2.75, 3.05) is 25.9 Å². The van der Waals surface area contributed by atoms with Crippen LogP contribution in [-0.4, -0.2) is 51.2 Å². The van der Waals surface area contributed by atoms with Crippen LogP contribution in [0.25, 0.3) is 0 Å². The van der Waals surface area contributed by atoms with E-state index in [0.29, 0.717) is 17.7 Å². The Morgan fingerprint density at radius 2 is 2.00 bits per heavy atom. The first kappa shape index (κ1) is 15.0. The van der Waals surface area contributed by atoms with E-state index in [0.717, 1.165) is 13.1 Å². The minimum absolute atomic E-state index is 0.00454. The van der Waals surface area contributed by atoms with Gasteiger partial charge in [0.25, 0.3) is 5.91 Å². The van der Waals surface area contributed by atoms with Crippen LogP contribution in [0.5, 0.6) is 0 Å². The van der Waals surface area contributed by atoms with E-state index in [-0.39, 0.29) is 17.7 Å². The molecule has 110 valence electrons. The van der Waals surface area contributed by atoms with Gasteiger partial charge in [-0.1, -0.05) is 12.1 Å². The zero-order chi connectivity index (χ0) is 14.8. The Kier molecular flexibility index (Phi) is 4.45. The van der Waals surface area contributed by atoms with Crippen molar-refractivity contribution in [3.05, 3.63) is 35.4 Å². The van der Waals surface area contributed by atoms with E-state index < -0.39 is 9.84 Å². The van der Waals surface area contributed by atoms with Gasteiger partial charge in [0.05, 0.1) is 5.75 Å². The standard InChI is InChI=1S/C14H20N2O3S/c1-11-9-15-7-8-16(11)14(17)13-5-3-12(4-6-13)10-20(2,18)19/h3-6,11,15H,7-10H2,1-2H3/t11-/m1/s1. The maximum absolute atomic E-state index is 12.4. The molecule has 1 aromatic carbocycles. The Balaban J connectivity index is 2.11. The number of amides is 1. The fraction of sp³-hybridized carbons (Fsp3) is 0.500. The molecule has 20 heavy (non-hydrogen) atoms. The summed E-state index contributed by atoms with van der Waals surface area (Å²) in [5, 5.41) is 3.25. The van der Waals surface area contributed by atoms with Gasteiger partial charge in [-0.2, -0.15) is 0 Å². The second-order valence-electron chi connectivity index (χ2n) is 5.32. The average molecular weight is 296 g/mol. The lowest BCUT2D eigenvalue weighted by atomic mass is 10.1. The van der Waals surface area contributed by atoms with Crippen LogP contribution < -0.4 is 5.32 Å². The van der Waals surface area contributed by atoms with Crippen LogP contribution in [-0.2, 0) is 15.6 Å². The van der Waals surface area contributed by atoms with Crippen molar-refractivity contribution in [3.63, 3.8) is 0 Å². The quantitative estimate of drug-likeness (QED) is 0.890. The number of carbonyl (C=O) groups excluding carboxylic acids is 1.